The molecule has 134 valence electrons. The van der Waals surface area contributed by atoms with Crippen LogP contribution in [0.1, 0.15) is 23.1 Å². The number of hydrogen-bond acceptors (Lipinski definition) is 2. The van der Waals surface area contributed by atoms with Gasteiger partial charge in [-0.2, -0.15) is 0 Å². The van der Waals surface area contributed by atoms with Crippen molar-refractivity contribution in [1.82, 2.24) is 5.32 Å². The quantitative estimate of drug-likeness (QED) is 0.860. The average molecular weight is 371 g/mol. The van der Waals surface area contributed by atoms with Crippen molar-refractivity contribution in [1.29, 1.82) is 0 Å². The maximum Gasteiger partial charge on any atom is 0.224 e. The molecule has 0 aromatic heterocycles. The summed E-state index contributed by atoms with van der Waals surface area (Å²) in [6, 6.07) is 6.43. The standard InChI is InChI=1S/C18H17F3N2O.ClH/c19-13-3-4-15(20)11(9-13)2-6-17(24)23-16-5-1-12-10-22-8-7-14(12)18(16)21;/h1,3-5,9,22H,2,6-8,10H2,(H,23,24);1H. The molecule has 2 aromatic rings. The Morgan fingerprint density at radius 3 is 2.76 bits per heavy atom. The first-order valence-corrected chi connectivity index (χ1v) is 7.79. The van der Waals surface area contributed by atoms with Crippen LogP contribution in [-0.4, -0.2) is 12.5 Å². The molecule has 0 bridgehead atoms. The third-order valence-electron chi connectivity index (χ3n) is 4.11. The minimum atomic E-state index is -0.559. The molecule has 2 aromatic carbocycles. The van der Waals surface area contributed by atoms with E-state index >= 15 is 0 Å². The smallest absolute Gasteiger partial charge is 0.224 e. The lowest BCUT2D eigenvalue weighted by molar-refractivity contribution is -0.116. The molecule has 7 heteroatoms. The van der Waals surface area contributed by atoms with Crippen molar-refractivity contribution < 1.29 is 18.0 Å². The van der Waals surface area contributed by atoms with Crippen LogP contribution in [-0.2, 0) is 24.2 Å². The summed E-state index contributed by atoms with van der Waals surface area (Å²) >= 11 is 0. The molecule has 1 aliphatic heterocycles. The van der Waals surface area contributed by atoms with E-state index in [9.17, 15) is 18.0 Å². The van der Waals surface area contributed by atoms with Crippen LogP contribution in [0, 0.1) is 17.5 Å². The molecule has 2 N–H and O–H groups in total. The van der Waals surface area contributed by atoms with Gasteiger partial charge in [0.25, 0.3) is 0 Å². The average Bonchev–Trinajstić information content (AvgIpc) is 2.58. The van der Waals surface area contributed by atoms with Gasteiger partial charge in [-0.1, -0.05) is 6.07 Å². The highest BCUT2D eigenvalue weighted by molar-refractivity contribution is 5.91. The van der Waals surface area contributed by atoms with Gasteiger partial charge in [-0.05, 0) is 60.3 Å². The summed E-state index contributed by atoms with van der Waals surface area (Å²) in [6.45, 7) is 1.31. The summed E-state index contributed by atoms with van der Waals surface area (Å²) in [4.78, 5) is 12.0. The monoisotopic (exact) mass is 370 g/mol. The molecule has 0 fully saturated rings. The van der Waals surface area contributed by atoms with E-state index in [-0.39, 0.29) is 36.5 Å². The van der Waals surface area contributed by atoms with Gasteiger partial charge in [0.15, 0.2) is 0 Å². The number of rotatable bonds is 4. The van der Waals surface area contributed by atoms with E-state index in [1.165, 1.54) is 6.07 Å². The van der Waals surface area contributed by atoms with Gasteiger partial charge < -0.3 is 10.6 Å². The first kappa shape index (κ1) is 19.3. The summed E-state index contributed by atoms with van der Waals surface area (Å²) in [7, 11) is 0. The molecule has 0 radical (unpaired) electrons. The van der Waals surface area contributed by atoms with Gasteiger partial charge >= 0.3 is 0 Å². The van der Waals surface area contributed by atoms with Gasteiger partial charge in [0.2, 0.25) is 5.91 Å². The number of aryl methyl sites for hydroxylation is 1. The van der Waals surface area contributed by atoms with Crippen LogP contribution in [0.15, 0.2) is 30.3 Å². The Labute approximate surface area is 150 Å². The van der Waals surface area contributed by atoms with Gasteiger partial charge in [0.1, 0.15) is 17.5 Å². The van der Waals surface area contributed by atoms with Crippen molar-refractivity contribution in [3.8, 4) is 0 Å². The minimum Gasteiger partial charge on any atom is -0.324 e. The molecule has 1 amide bonds. The molecule has 0 saturated carbocycles. The van der Waals surface area contributed by atoms with E-state index in [0.29, 0.717) is 25.1 Å². The summed E-state index contributed by atoms with van der Waals surface area (Å²) in [5.74, 6) is -1.97. The zero-order chi connectivity index (χ0) is 17.1. The van der Waals surface area contributed by atoms with Crippen LogP contribution < -0.4 is 10.6 Å². The largest absolute Gasteiger partial charge is 0.324 e. The third-order valence-corrected chi connectivity index (χ3v) is 4.11. The summed E-state index contributed by atoms with van der Waals surface area (Å²) in [6.07, 6.45) is 0.559. The molecule has 3 nitrogen and oxygen atoms in total. The maximum absolute atomic E-state index is 14.4. The van der Waals surface area contributed by atoms with Crippen molar-refractivity contribution in [2.45, 2.75) is 25.8 Å². The highest BCUT2D eigenvalue weighted by atomic mass is 35.5. The van der Waals surface area contributed by atoms with Crippen molar-refractivity contribution in [2.24, 2.45) is 0 Å². The second-order valence-electron chi connectivity index (χ2n) is 5.78. The highest BCUT2D eigenvalue weighted by Crippen LogP contribution is 2.24. The van der Waals surface area contributed by atoms with Gasteiger partial charge in [-0.3, -0.25) is 4.79 Å². The van der Waals surface area contributed by atoms with E-state index < -0.39 is 23.4 Å². The Morgan fingerprint density at radius 1 is 1.16 bits per heavy atom. The third kappa shape index (κ3) is 4.52. The number of benzene rings is 2. The lowest BCUT2D eigenvalue weighted by atomic mass is 9.99. The fourth-order valence-electron chi connectivity index (χ4n) is 2.83. The van der Waals surface area contributed by atoms with Crippen molar-refractivity contribution >= 4 is 24.0 Å². The van der Waals surface area contributed by atoms with Gasteiger partial charge in [0, 0.05) is 13.0 Å². The molecule has 0 spiro atoms. The molecule has 1 aliphatic rings. The lowest BCUT2D eigenvalue weighted by Gasteiger charge is -2.19. The van der Waals surface area contributed by atoms with Crippen molar-refractivity contribution in [3.05, 3.63) is 64.5 Å². The molecule has 0 atom stereocenters. The maximum atomic E-state index is 14.4. The molecule has 1 heterocycles. The zero-order valence-corrected chi connectivity index (χ0v) is 14.2. The van der Waals surface area contributed by atoms with Gasteiger partial charge in [-0.15, -0.1) is 12.4 Å². The molecule has 3 rings (SSSR count). The van der Waals surface area contributed by atoms with Crippen molar-refractivity contribution in [2.75, 3.05) is 11.9 Å². The SMILES string of the molecule is Cl.O=C(CCc1cc(F)ccc1F)Nc1ccc2c(c1F)CCNC2. The predicted molar refractivity (Wildman–Crippen MR) is 92.4 cm³/mol. The Balaban J connectivity index is 0.00000225. The van der Waals surface area contributed by atoms with Crippen molar-refractivity contribution in [3.63, 3.8) is 0 Å². The number of anilines is 1. The summed E-state index contributed by atoms with van der Waals surface area (Å²) in [5.41, 5.74) is 1.75. The fraction of sp³-hybridized carbons (Fsp3) is 0.278. The van der Waals surface area contributed by atoms with E-state index in [1.54, 1.807) is 6.07 Å². The van der Waals surface area contributed by atoms with Gasteiger partial charge in [-0.25, -0.2) is 13.2 Å². The molecule has 0 aliphatic carbocycles. The first-order valence-electron chi connectivity index (χ1n) is 7.79. The van der Waals surface area contributed by atoms with E-state index in [2.05, 4.69) is 10.6 Å². The topological polar surface area (TPSA) is 41.1 Å². The van der Waals surface area contributed by atoms with Crippen LogP contribution in [0.4, 0.5) is 18.9 Å². The highest BCUT2D eigenvalue weighted by Gasteiger charge is 2.17. The van der Waals surface area contributed by atoms with Crippen LogP contribution in [0.2, 0.25) is 0 Å². The second kappa shape index (κ2) is 8.36. The number of hydrogen-bond donors (Lipinski definition) is 2. The number of halogens is 4. The van der Waals surface area contributed by atoms with Crippen LogP contribution >= 0.6 is 12.4 Å². The number of nitrogens with one attached hydrogen (secondary N) is 2. The first-order chi connectivity index (χ1) is 11.5. The van der Waals surface area contributed by atoms with Crippen LogP contribution in [0.5, 0.6) is 0 Å². The molecular formula is C18H18ClF3N2O. The Kier molecular flexibility index (Phi) is 6.45. The van der Waals surface area contributed by atoms with Crippen LogP contribution in [0.25, 0.3) is 0 Å². The number of carbonyl (C=O) groups is 1. The number of amides is 1. The lowest BCUT2D eigenvalue weighted by Crippen LogP contribution is -2.25. The number of fused-ring (bicyclic) bond motifs is 1. The Morgan fingerprint density at radius 2 is 1.96 bits per heavy atom. The van der Waals surface area contributed by atoms with Gasteiger partial charge in [0.05, 0.1) is 5.69 Å². The van der Waals surface area contributed by atoms with E-state index in [4.69, 9.17) is 0 Å². The fourth-order valence-corrected chi connectivity index (χ4v) is 2.83. The molecule has 25 heavy (non-hydrogen) atoms. The molecule has 0 saturated heterocycles. The normalized spacial score (nSPS) is 12.9. The predicted octanol–water partition coefficient (Wildman–Crippen LogP) is 3.74. The van der Waals surface area contributed by atoms with Crippen LogP contribution in [0.3, 0.4) is 0 Å². The zero-order valence-electron chi connectivity index (χ0n) is 13.4. The Bertz CT molecular complexity index is 783. The van der Waals surface area contributed by atoms with E-state index in [1.807, 2.05) is 0 Å². The molecule has 0 unspecified atom stereocenters. The number of carbonyl (C=O) groups excluding carboxylic acids is 1. The van der Waals surface area contributed by atoms with E-state index in [0.717, 1.165) is 23.8 Å². The second-order valence-corrected chi connectivity index (χ2v) is 5.78. The summed E-state index contributed by atoms with van der Waals surface area (Å²) in [5, 5.41) is 5.67. The molecular weight excluding hydrogens is 353 g/mol. The minimum absolute atomic E-state index is 0. The summed E-state index contributed by atoms with van der Waals surface area (Å²) < 4.78 is 41.1. The Hall–Kier alpha value is -2.05.